The Balaban J connectivity index is 1.79. The number of piperidine rings is 1. The van der Waals surface area contributed by atoms with E-state index in [4.69, 9.17) is 34.8 Å². The van der Waals surface area contributed by atoms with Crippen LogP contribution in [-0.2, 0) is 6.54 Å². The Labute approximate surface area is 174 Å². The van der Waals surface area contributed by atoms with Gasteiger partial charge in [-0.05, 0) is 56.3 Å². The molecule has 27 heavy (non-hydrogen) atoms. The van der Waals surface area contributed by atoms with Crippen LogP contribution in [0.5, 0.6) is 0 Å². The summed E-state index contributed by atoms with van der Waals surface area (Å²) in [6, 6.07) is 13.3. The van der Waals surface area contributed by atoms with Gasteiger partial charge in [0.05, 0.1) is 22.6 Å². The van der Waals surface area contributed by atoms with Crippen LogP contribution < -0.4 is 0 Å². The molecule has 0 spiro atoms. The average molecular weight is 421 g/mol. The lowest BCUT2D eigenvalue weighted by Gasteiger charge is -2.26. The summed E-state index contributed by atoms with van der Waals surface area (Å²) in [5.41, 5.74) is 4.11. The molecule has 0 atom stereocenters. The number of halogens is 3. The fourth-order valence-corrected chi connectivity index (χ4v) is 4.22. The van der Waals surface area contributed by atoms with Crippen LogP contribution in [0.3, 0.4) is 0 Å². The Morgan fingerprint density at radius 3 is 2.26 bits per heavy atom. The number of hydrogen-bond donors (Lipinski definition) is 0. The van der Waals surface area contributed by atoms with Gasteiger partial charge in [-0.25, -0.2) is 4.68 Å². The number of aromatic nitrogens is 2. The van der Waals surface area contributed by atoms with Crippen molar-refractivity contribution in [2.75, 3.05) is 13.1 Å². The van der Waals surface area contributed by atoms with Gasteiger partial charge < -0.3 is 0 Å². The van der Waals surface area contributed by atoms with Crippen molar-refractivity contribution in [3.05, 3.63) is 69.3 Å². The van der Waals surface area contributed by atoms with Crippen molar-refractivity contribution in [1.82, 2.24) is 14.7 Å². The monoisotopic (exact) mass is 419 g/mol. The van der Waals surface area contributed by atoms with Crippen LogP contribution in [0.15, 0.2) is 48.7 Å². The summed E-state index contributed by atoms with van der Waals surface area (Å²) < 4.78 is 1.90. The van der Waals surface area contributed by atoms with Crippen LogP contribution in [-0.4, -0.2) is 27.8 Å². The molecule has 0 aliphatic carbocycles. The molecule has 1 aliphatic heterocycles. The zero-order valence-electron chi connectivity index (χ0n) is 14.8. The lowest BCUT2D eigenvalue weighted by molar-refractivity contribution is 0.221. The maximum atomic E-state index is 6.47. The van der Waals surface area contributed by atoms with Gasteiger partial charge in [-0.3, -0.25) is 4.90 Å². The van der Waals surface area contributed by atoms with Crippen LogP contribution in [0.1, 0.15) is 24.8 Å². The Morgan fingerprint density at radius 1 is 0.852 bits per heavy atom. The SMILES string of the molecule is Clc1ccc(-c2c(CN3CCCCC3)cnn2-c2ccc(Cl)cc2Cl)cc1. The summed E-state index contributed by atoms with van der Waals surface area (Å²) in [6.07, 6.45) is 5.78. The number of likely N-dealkylation sites (tertiary alicyclic amines) is 1. The number of benzene rings is 2. The zero-order valence-corrected chi connectivity index (χ0v) is 17.1. The Kier molecular flexibility index (Phi) is 5.74. The first kappa shape index (κ1) is 18.8. The van der Waals surface area contributed by atoms with Gasteiger partial charge in [0.25, 0.3) is 0 Å². The molecule has 0 bridgehead atoms. The topological polar surface area (TPSA) is 21.1 Å². The molecule has 1 fully saturated rings. The van der Waals surface area contributed by atoms with Crippen LogP contribution in [0, 0.1) is 0 Å². The molecule has 3 nitrogen and oxygen atoms in total. The predicted molar refractivity (Wildman–Crippen MR) is 113 cm³/mol. The van der Waals surface area contributed by atoms with Crippen LogP contribution in [0.4, 0.5) is 0 Å². The standard InChI is InChI=1S/C21H20Cl3N3/c22-17-6-4-15(5-7-17)21-16(14-26-10-2-1-3-11-26)13-25-27(21)20-9-8-18(23)12-19(20)24/h4-9,12-13H,1-3,10-11,14H2. The van der Waals surface area contributed by atoms with Gasteiger partial charge in [-0.1, -0.05) is 53.4 Å². The van der Waals surface area contributed by atoms with Crippen molar-refractivity contribution in [2.45, 2.75) is 25.8 Å². The van der Waals surface area contributed by atoms with Crippen molar-refractivity contribution in [1.29, 1.82) is 0 Å². The third kappa shape index (κ3) is 4.17. The van der Waals surface area contributed by atoms with Gasteiger partial charge in [0.15, 0.2) is 0 Å². The van der Waals surface area contributed by atoms with Crippen molar-refractivity contribution in [3.63, 3.8) is 0 Å². The highest BCUT2D eigenvalue weighted by atomic mass is 35.5. The molecule has 0 radical (unpaired) electrons. The fourth-order valence-electron chi connectivity index (χ4n) is 3.61. The highest BCUT2D eigenvalue weighted by molar-refractivity contribution is 6.35. The molecule has 4 rings (SSSR count). The van der Waals surface area contributed by atoms with E-state index in [1.165, 1.54) is 24.8 Å². The molecule has 2 heterocycles. The maximum Gasteiger partial charge on any atom is 0.0840 e. The van der Waals surface area contributed by atoms with E-state index >= 15 is 0 Å². The first-order valence-electron chi connectivity index (χ1n) is 9.12. The Morgan fingerprint density at radius 2 is 1.56 bits per heavy atom. The molecule has 0 saturated carbocycles. The van der Waals surface area contributed by atoms with E-state index in [1.54, 1.807) is 6.07 Å². The normalized spacial score (nSPS) is 15.2. The lowest BCUT2D eigenvalue weighted by Crippen LogP contribution is -2.29. The van der Waals surface area contributed by atoms with E-state index in [9.17, 15) is 0 Å². The second-order valence-electron chi connectivity index (χ2n) is 6.87. The van der Waals surface area contributed by atoms with Gasteiger partial charge in [0.2, 0.25) is 0 Å². The van der Waals surface area contributed by atoms with Gasteiger partial charge in [-0.2, -0.15) is 5.10 Å². The number of nitrogens with zero attached hydrogens (tertiary/aromatic N) is 3. The highest BCUT2D eigenvalue weighted by Gasteiger charge is 2.19. The molecular weight excluding hydrogens is 401 g/mol. The molecule has 0 N–H and O–H groups in total. The largest absolute Gasteiger partial charge is 0.299 e. The molecule has 1 aromatic heterocycles. The van der Waals surface area contributed by atoms with Crippen molar-refractivity contribution >= 4 is 34.8 Å². The van der Waals surface area contributed by atoms with Crippen LogP contribution >= 0.6 is 34.8 Å². The smallest absolute Gasteiger partial charge is 0.0840 e. The lowest BCUT2D eigenvalue weighted by atomic mass is 10.1. The minimum atomic E-state index is 0.574. The second-order valence-corrected chi connectivity index (χ2v) is 8.15. The Bertz CT molecular complexity index is 928. The molecule has 0 unspecified atom stereocenters. The minimum absolute atomic E-state index is 0.574. The fraction of sp³-hybridized carbons (Fsp3) is 0.286. The van der Waals surface area contributed by atoms with E-state index in [-0.39, 0.29) is 0 Å². The van der Waals surface area contributed by atoms with Crippen LogP contribution in [0.2, 0.25) is 15.1 Å². The molecule has 1 saturated heterocycles. The zero-order chi connectivity index (χ0) is 18.8. The van der Waals surface area contributed by atoms with Gasteiger partial charge >= 0.3 is 0 Å². The van der Waals surface area contributed by atoms with E-state index in [0.29, 0.717) is 15.1 Å². The molecular formula is C21H20Cl3N3. The Hall–Kier alpha value is -1.52. The van der Waals surface area contributed by atoms with E-state index in [1.807, 2.05) is 47.3 Å². The van der Waals surface area contributed by atoms with E-state index in [2.05, 4.69) is 10.00 Å². The summed E-state index contributed by atoms with van der Waals surface area (Å²) in [4.78, 5) is 2.49. The van der Waals surface area contributed by atoms with Gasteiger partial charge in [0, 0.05) is 27.7 Å². The predicted octanol–water partition coefficient (Wildman–Crippen LogP) is 6.49. The molecule has 1 aliphatic rings. The van der Waals surface area contributed by atoms with Gasteiger partial charge in [-0.15, -0.1) is 0 Å². The molecule has 0 amide bonds. The average Bonchev–Trinajstić information content (AvgIpc) is 3.06. The summed E-state index contributed by atoms with van der Waals surface area (Å²) in [5.74, 6) is 0. The molecule has 140 valence electrons. The quantitative estimate of drug-likeness (QED) is 0.481. The third-order valence-electron chi connectivity index (χ3n) is 4.94. The van der Waals surface area contributed by atoms with Crippen LogP contribution in [0.25, 0.3) is 16.9 Å². The third-order valence-corrected chi connectivity index (χ3v) is 5.73. The first-order chi connectivity index (χ1) is 13.1. The summed E-state index contributed by atoms with van der Waals surface area (Å²) >= 11 is 18.7. The number of rotatable bonds is 4. The number of hydrogen-bond acceptors (Lipinski definition) is 2. The second kappa shape index (κ2) is 8.24. The summed E-state index contributed by atoms with van der Waals surface area (Å²) in [6.45, 7) is 3.14. The van der Waals surface area contributed by atoms with E-state index in [0.717, 1.165) is 36.6 Å². The minimum Gasteiger partial charge on any atom is -0.299 e. The molecule has 6 heteroatoms. The molecule has 3 aromatic rings. The first-order valence-corrected chi connectivity index (χ1v) is 10.3. The molecule has 2 aromatic carbocycles. The summed E-state index contributed by atoms with van der Waals surface area (Å²) in [7, 11) is 0. The highest BCUT2D eigenvalue weighted by Crippen LogP contribution is 2.32. The maximum absolute atomic E-state index is 6.47. The van der Waals surface area contributed by atoms with Crippen molar-refractivity contribution in [2.24, 2.45) is 0 Å². The van der Waals surface area contributed by atoms with Crippen molar-refractivity contribution < 1.29 is 0 Å². The van der Waals surface area contributed by atoms with E-state index < -0.39 is 0 Å². The summed E-state index contributed by atoms with van der Waals surface area (Å²) in [5, 5.41) is 6.57. The van der Waals surface area contributed by atoms with Crippen molar-refractivity contribution in [3.8, 4) is 16.9 Å². The van der Waals surface area contributed by atoms with Gasteiger partial charge in [0.1, 0.15) is 0 Å².